The molecule has 3 heteroatoms. The van der Waals surface area contributed by atoms with Gasteiger partial charge in [0.2, 0.25) is 0 Å². The Labute approximate surface area is 110 Å². The molecule has 17 heavy (non-hydrogen) atoms. The summed E-state index contributed by atoms with van der Waals surface area (Å²) >= 11 is 2.02. The minimum atomic E-state index is 1.07. The molecule has 1 rings (SSSR count). The van der Waals surface area contributed by atoms with Crippen LogP contribution in [-0.2, 0) is 5.88 Å². The highest BCUT2D eigenvalue weighted by Crippen LogP contribution is 2.09. The van der Waals surface area contributed by atoms with Crippen molar-refractivity contribution in [3.63, 3.8) is 0 Å². The lowest BCUT2D eigenvalue weighted by Gasteiger charge is -2.10. The molecule has 0 spiro atoms. The van der Waals surface area contributed by atoms with Crippen LogP contribution in [-0.4, -0.2) is 19.8 Å². The van der Waals surface area contributed by atoms with Crippen molar-refractivity contribution in [1.82, 2.24) is 0 Å². The van der Waals surface area contributed by atoms with E-state index in [4.69, 9.17) is 0 Å². The standard InChI is InChI=1S/C14H25N2S/c1-4-5-6-7-12-17-13-16-10-8-14(9-11-16)15(2)3/h8-11H,4-7,12-13H2,1-3H3/q+1. The van der Waals surface area contributed by atoms with Crippen molar-refractivity contribution in [1.29, 1.82) is 0 Å². The molecule has 2 nitrogen and oxygen atoms in total. The lowest BCUT2D eigenvalue weighted by Crippen LogP contribution is -2.31. The SMILES string of the molecule is CCCCCCSC[n+]1ccc(N(C)C)cc1. The molecule has 0 aliphatic heterocycles. The van der Waals surface area contributed by atoms with Gasteiger partial charge in [-0.1, -0.05) is 37.9 Å². The molecule has 0 saturated carbocycles. The summed E-state index contributed by atoms with van der Waals surface area (Å²) in [5.74, 6) is 2.35. The van der Waals surface area contributed by atoms with Crippen LogP contribution in [0.15, 0.2) is 24.5 Å². The highest BCUT2D eigenvalue weighted by atomic mass is 32.2. The summed E-state index contributed by atoms with van der Waals surface area (Å²) in [4.78, 5) is 2.13. The van der Waals surface area contributed by atoms with E-state index in [2.05, 4.69) is 55.0 Å². The summed E-state index contributed by atoms with van der Waals surface area (Å²) < 4.78 is 2.25. The maximum atomic E-state index is 2.26. The van der Waals surface area contributed by atoms with Crippen molar-refractivity contribution in [2.75, 3.05) is 24.7 Å². The van der Waals surface area contributed by atoms with E-state index in [1.54, 1.807) is 0 Å². The molecule has 0 N–H and O–H groups in total. The van der Waals surface area contributed by atoms with Crippen LogP contribution in [0.4, 0.5) is 5.69 Å². The van der Waals surface area contributed by atoms with Gasteiger partial charge in [-0.15, -0.1) is 0 Å². The predicted molar refractivity (Wildman–Crippen MR) is 77.6 cm³/mol. The topological polar surface area (TPSA) is 7.12 Å². The van der Waals surface area contributed by atoms with Crippen LogP contribution in [0, 0.1) is 0 Å². The summed E-state index contributed by atoms with van der Waals surface area (Å²) in [5.41, 5.74) is 1.26. The van der Waals surface area contributed by atoms with E-state index in [0.717, 1.165) is 5.88 Å². The quantitative estimate of drug-likeness (QED) is 0.518. The van der Waals surface area contributed by atoms with Crippen LogP contribution in [0.2, 0.25) is 0 Å². The molecule has 0 saturated heterocycles. The highest BCUT2D eigenvalue weighted by molar-refractivity contribution is 7.98. The van der Waals surface area contributed by atoms with Gasteiger partial charge < -0.3 is 4.90 Å². The number of anilines is 1. The van der Waals surface area contributed by atoms with E-state index in [1.807, 2.05) is 11.8 Å². The molecule has 0 fully saturated rings. The van der Waals surface area contributed by atoms with E-state index in [-0.39, 0.29) is 0 Å². The van der Waals surface area contributed by atoms with E-state index >= 15 is 0 Å². The van der Waals surface area contributed by atoms with Gasteiger partial charge in [-0.25, -0.2) is 0 Å². The zero-order chi connectivity index (χ0) is 12.5. The van der Waals surface area contributed by atoms with Gasteiger partial charge in [-0.05, 0) is 12.2 Å². The third-order valence-corrected chi connectivity index (χ3v) is 3.83. The first-order valence-corrected chi connectivity index (χ1v) is 7.63. The fraction of sp³-hybridized carbons (Fsp3) is 0.643. The largest absolute Gasteiger partial charge is 0.377 e. The first kappa shape index (κ1) is 14.4. The Morgan fingerprint density at radius 1 is 1.12 bits per heavy atom. The van der Waals surface area contributed by atoms with Crippen LogP contribution >= 0.6 is 11.8 Å². The van der Waals surface area contributed by atoms with Crippen molar-refractivity contribution in [2.24, 2.45) is 0 Å². The van der Waals surface area contributed by atoms with Gasteiger partial charge >= 0.3 is 0 Å². The molecule has 0 unspecified atom stereocenters. The normalized spacial score (nSPS) is 10.5. The van der Waals surface area contributed by atoms with Crippen molar-refractivity contribution in [2.45, 2.75) is 38.5 Å². The molecule has 96 valence electrons. The van der Waals surface area contributed by atoms with Gasteiger partial charge in [0, 0.05) is 31.9 Å². The Balaban J connectivity index is 2.19. The molecule has 0 amide bonds. The fourth-order valence-electron chi connectivity index (χ4n) is 1.63. The smallest absolute Gasteiger partial charge is 0.194 e. The van der Waals surface area contributed by atoms with Crippen molar-refractivity contribution in [3.8, 4) is 0 Å². The maximum absolute atomic E-state index is 2.26. The monoisotopic (exact) mass is 253 g/mol. The average Bonchev–Trinajstić information content (AvgIpc) is 2.34. The minimum Gasteiger partial charge on any atom is -0.377 e. The summed E-state index contributed by atoms with van der Waals surface area (Å²) in [6.45, 7) is 2.26. The minimum absolute atomic E-state index is 1.07. The van der Waals surface area contributed by atoms with Crippen LogP contribution in [0.5, 0.6) is 0 Å². The Bertz CT molecular complexity index is 296. The van der Waals surface area contributed by atoms with E-state index in [1.165, 1.54) is 37.1 Å². The number of thioether (sulfide) groups is 1. The summed E-state index contributed by atoms with van der Waals surface area (Å²) in [5, 5.41) is 0. The molecule has 1 aromatic heterocycles. The average molecular weight is 253 g/mol. The second-order valence-electron chi connectivity index (χ2n) is 4.56. The fourth-order valence-corrected chi connectivity index (χ4v) is 2.55. The van der Waals surface area contributed by atoms with Crippen LogP contribution in [0.3, 0.4) is 0 Å². The molecule has 0 aliphatic rings. The number of unbranched alkanes of at least 4 members (excludes halogenated alkanes) is 3. The molecule has 0 aliphatic carbocycles. The molecule has 0 atom stereocenters. The van der Waals surface area contributed by atoms with E-state index < -0.39 is 0 Å². The van der Waals surface area contributed by atoms with Crippen LogP contribution in [0.1, 0.15) is 32.6 Å². The van der Waals surface area contributed by atoms with Crippen molar-refractivity contribution >= 4 is 17.4 Å². The summed E-state index contributed by atoms with van der Waals surface area (Å²) in [6, 6.07) is 4.33. The molecule has 0 radical (unpaired) electrons. The Kier molecular flexibility index (Phi) is 7.10. The number of pyridine rings is 1. The first-order chi connectivity index (χ1) is 8.24. The zero-order valence-corrected chi connectivity index (χ0v) is 12.2. The molecular formula is C14H25N2S+. The highest BCUT2D eigenvalue weighted by Gasteiger charge is 2.01. The van der Waals surface area contributed by atoms with Crippen LogP contribution in [0.25, 0.3) is 0 Å². The number of rotatable bonds is 8. The third kappa shape index (κ3) is 5.97. The second-order valence-corrected chi connectivity index (χ2v) is 5.64. The van der Waals surface area contributed by atoms with Gasteiger partial charge in [0.05, 0.1) is 0 Å². The van der Waals surface area contributed by atoms with Crippen LogP contribution < -0.4 is 9.47 Å². The Hall–Kier alpha value is -0.700. The van der Waals surface area contributed by atoms with Gasteiger partial charge in [0.1, 0.15) is 0 Å². The summed E-state index contributed by atoms with van der Waals surface area (Å²) in [6.07, 6.45) is 9.77. The van der Waals surface area contributed by atoms with Gasteiger partial charge in [0.15, 0.2) is 18.3 Å². The molecule has 0 aromatic carbocycles. The number of hydrogen-bond donors (Lipinski definition) is 0. The molecular weight excluding hydrogens is 228 g/mol. The molecule has 1 heterocycles. The lowest BCUT2D eigenvalue weighted by molar-refractivity contribution is -0.675. The van der Waals surface area contributed by atoms with E-state index in [9.17, 15) is 0 Å². The second kappa shape index (κ2) is 8.40. The number of hydrogen-bond acceptors (Lipinski definition) is 2. The van der Waals surface area contributed by atoms with E-state index in [0.29, 0.717) is 0 Å². The van der Waals surface area contributed by atoms with Gasteiger partial charge in [-0.3, -0.25) is 0 Å². The summed E-state index contributed by atoms with van der Waals surface area (Å²) in [7, 11) is 4.14. The predicted octanol–water partition coefficient (Wildman–Crippen LogP) is 3.31. The molecule has 0 bridgehead atoms. The Morgan fingerprint density at radius 3 is 2.41 bits per heavy atom. The van der Waals surface area contributed by atoms with Gasteiger partial charge in [0.25, 0.3) is 0 Å². The maximum Gasteiger partial charge on any atom is 0.194 e. The third-order valence-electron chi connectivity index (χ3n) is 2.77. The van der Waals surface area contributed by atoms with Crippen molar-refractivity contribution < 1.29 is 4.57 Å². The van der Waals surface area contributed by atoms with Gasteiger partial charge in [-0.2, -0.15) is 4.57 Å². The Morgan fingerprint density at radius 2 is 1.82 bits per heavy atom. The first-order valence-electron chi connectivity index (χ1n) is 6.48. The van der Waals surface area contributed by atoms with Crippen molar-refractivity contribution in [3.05, 3.63) is 24.5 Å². The molecule has 1 aromatic rings. The lowest BCUT2D eigenvalue weighted by atomic mass is 10.2. The zero-order valence-electron chi connectivity index (χ0n) is 11.4. The number of aromatic nitrogens is 1. The number of nitrogens with zero attached hydrogens (tertiary/aromatic N) is 2.